The maximum Gasteiger partial charge on any atom is 0.315 e. The molecule has 0 aromatic heterocycles. The van der Waals surface area contributed by atoms with E-state index in [9.17, 15) is 14.0 Å². The number of benzene rings is 2. The summed E-state index contributed by atoms with van der Waals surface area (Å²) in [5, 5.41) is 8.48. The Morgan fingerprint density at radius 3 is 2.32 bits per heavy atom. The van der Waals surface area contributed by atoms with Gasteiger partial charge in [0.15, 0.2) is 0 Å². The van der Waals surface area contributed by atoms with Crippen LogP contribution in [0.15, 0.2) is 48.5 Å². The molecule has 0 saturated heterocycles. The van der Waals surface area contributed by atoms with Crippen molar-refractivity contribution >= 4 is 23.5 Å². The molecule has 2 aromatic carbocycles. The van der Waals surface area contributed by atoms with Gasteiger partial charge in [-0.3, -0.25) is 4.79 Å². The average Bonchev–Trinajstić information content (AvgIpc) is 2.60. The molecule has 7 heteroatoms. The van der Waals surface area contributed by atoms with E-state index >= 15 is 0 Å². The third-order valence-electron chi connectivity index (χ3n) is 3.52. The summed E-state index contributed by atoms with van der Waals surface area (Å²) in [7, 11) is 0. The number of carbonyl (C=O) groups is 2. The van der Waals surface area contributed by atoms with Crippen LogP contribution in [0.1, 0.15) is 24.1 Å². The van der Waals surface area contributed by atoms with Crippen molar-refractivity contribution in [1.82, 2.24) is 16.0 Å². The Balaban J connectivity index is 1.70. The van der Waals surface area contributed by atoms with Gasteiger partial charge in [-0.05, 0) is 42.3 Å². The van der Waals surface area contributed by atoms with Crippen LogP contribution in [-0.4, -0.2) is 18.5 Å². The van der Waals surface area contributed by atoms with Crippen LogP contribution >= 0.6 is 11.6 Å². The number of rotatable bonds is 6. The van der Waals surface area contributed by atoms with Crippen LogP contribution in [0.4, 0.5) is 9.18 Å². The Labute approximate surface area is 150 Å². The monoisotopic (exact) mass is 363 g/mol. The zero-order chi connectivity index (χ0) is 18.2. The first kappa shape index (κ1) is 18.7. The molecule has 0 spiro atoms. The first-order valence-electron chi connectivity index (χ1n) is 7.75. The van der Waals surface area contributed by atoms with E-state index in [-0.39, 0.29) is 30.9 Å². The second kappa shape index (κ2) is 9.03. The van der Waals surface area contributed by atoms with Gasteiger partial charge in [-0.2, -0.15) is 0 Å². The van der Waals surface area contributed by atoms with E-state index in [0.29, 0.717) is 5.02 Å². The number of urea groups is 1. The van der Waals surface area contributed by atoms with Crippen LogP contribution in [0.25, 0.3) is 0 Å². The molecule has 2 rings (SSSR count). The van der Waals surface area contributed by atoms with Crippen molar-refractivity contribution in [2.45, 2.75) is 19.5 Å². The van der Waals surface area contributed by atoms with Crippen molar-refractivity contribution in [3.63, 3.8) is 0 Å². The molecule has 25 heavy (non-hydrogen) atoms. The molecular formula is C18H19ClFN3O2. The van der Waals surface area contributed by atoms with Crippen LogP contribution in [0.3, 0.4) is 0 Å². The van der Waals surface area contributed by atoms with Crippen LogP contribution in [0, 0.1) is 5.82 Å². The average molecular weight is 364 g/mol. The molecule has 2 aromatic rings. The summed E-state index contributed by atoms with van der Waals surface area (Å²) in [6, 6.07) is 12.3. The van der Waals surface area contributed by atoms with E-state index in [1.165, 1.54) is 12.1 Å². The van der Waals surface area contributed by atoms with Gasteiger partial charge in [-0.1, -0.05) is 35.9 Å². The highest BCUT2D eigenvalue weighted by atomic mass is 35.5. The van der Waals surface area contributed by atoms with Crippen molar-refractivity contribution in [1.29, 1.82) is 0 Å². The van der Waals surface area contributed by atoms with Crippen molar-refractivity contribution in [3.05, 3.63) is 70.5 Å². The van der Waals surface area contributed by atoms with Gasteiger partial charge in [-0.25, -0.2) is 9.18 Å². The first-order chi connectivity index (χ1) is 11.9. The lowest BCUT2D eigenvalue weighted by Crippen LogP contribution is -2.42. The van der Waals surface area contributed by atoms with Crippen LogP contribution in [-0.2, 0) is 11.3 Å². The summed E-state index contributed by atoms with van der Waals surface area (Å²) in [5.41, 5.74) is 1.68. The standard InChI is InChI=1S/C18H19ClFN3O2/c1-12(14-4-6-15(19)7-5-14)23-17(24)11-22-18(25)21-10-13-2-8-16(20)9-3-13/h2-9,12H,10-11H2,1H3,(H,23,24)(H2,21,22,25). The highest BCUT2D eigenvalue weighted by Gasteiger charge is 2.10. The van der Waals surface area contributed by atoms with Crippen LogP contribution in [0.5, 0.6) is 0 Å². The first-order valence-corrected chi connectivity index (χ1v) is 8.13. The van der Waals surface area contributed by atoms with E-state index < -0.39 is 6.03 Å². The van der Waals surface area contributed by atoms with E-state index in [2.05, 4.69) is 16.0 Å². The summed E-state index contributed by atoms with van der Waals surface area (Å²) in [6.45, 7) is 1.94. The van der Waals surface area contributed by atoms with Gasteiger partial charge in [0, 0.05) is 11.6 Å². The molecule has 1 unspecified atom stereocenters. The number of amides is 3. The summed E-state index contributed by atoms with van der Waals surface area (Å²) >= 11 is 5.83. The van der Waals surface area contributed by atoms with Crippen LogP contribution < -0.4 is 16.0 Å². The summed E-state index contributed by atoms with van der Waals surface area (Å²) in [4.78, 5) is 23.6. The second-order valence-electron chi connectivity index (χ2n) is 5.50. The maximum atomic E-state index is 12.8. The molecule has 0 aliphatic rings. The van der Waals surface area contributed by atoms with Gasteiger partial charge in [0.25, 0.3) is 0 Å². The van der Waals surface area contributed by atoms with Crippen molar-refractivity contribution < 1.29 is 14.0 Å². The lowest BCUT2D eigenvalue weighted by atomic mass is 10.1. The predicted molar refractivity (Wildman–Crippen MR) is 94.6 cm³/mol. The smallest absolute Gasteiger partial charge is 0.315 e. The molecular weight excluding hydrogens is 345 g/mol. The number of carbonyl (C=O) groups excluding carboxylic acids is 2. The van der Waals surface area contributed by atoms with Gasteiger partial charge < -0.3 is 16.0 Å². The predicted octanol–water partition coefficient (Wildman–Crippen LogP) is 3.16. The number of halogens is 2. The van der Waals surface area contributed by atoms with Crippen molar-refractivity contribution in [2.75, 3.05) is 6.54 Å². The molecule has 0 fully saturated rings. The Morgan fingerprint density at radius 2 is 1.68 bits per heavy atom. The van der Waals surface area contributed by atoms with E-state index in [1.807, 2.05) is 19.1 Å². The zero-order valence-corrected chi connectivity index (χ0v) is 14.4. The Bertz CT molecular complexity index is 720. The molecule has 5 nitrogen and oxygen atoms in total. The number of hydrogen-bond donors (Lipinski definition) is 3. The minimum Gasteiger partial charge on any atom is -0.348 e. The summed E-state index contributed by atoms with van der Waals surface area (Å²) in [5.74, 6) is -0.640. The fourth-order valence-electron chi connectivity index (χ4n) is 2.13. The molecule has 132 valence electrons. The highest BCUT2D eigenvalue weighted by molar-refractivity contribution is 6.30. The lowest BCUT2D eigenvalue weighted by molar-refractivity contribution is -0.120. The molecule has 3 amide bonds. The maximum absolute atomic E-state index is 12.8. The third-order valence-corrected chi connectivity index (χ3v) is 3.78. The van der Waals surface area contributed by atoms with Gasteiger partial charge in [0.2, 0.25) is 5.91 Å². The summed E-state index contributed by atoms with van der Waals surface area (Å²) < 4.78 is 12.8. The van der Waals surface area contributed by atoms with Gasteiger partial charge in [-0.15, -0.1) is 0 Å². The minimum absolute atomic E-state index is 0.146. The quantitative estimate of drug-likeness (QED) is 0.737. The molecule has 0 aliphatic heterocycles. The Kier molecular flexibility index (Phi) is 6.77. The van der Waals surface area contributed by atoms with Gasteiger partial charge in [0.05, 0.1) is 12.6 Å². The molecule has 0 radical (unpaired) electrons. The van der Waals surface area contributed by atoms with E-state index in [0.717, 1.165) is 11.1 Å². The van der Waals surface area contributed by atoms with E-state index in [1.54, 1.807) is 24.3 Å². The summed E-state index contributed by atoms with van der Waals surface area (Å²) in [6.07, 6.45) is 0. The Morgan fingerprint density at radius 1 is 1.04 bits per heavy atom. The second-order valence-corrected chi connectivity index (χ2v) is 5.94. The largest absolute Gasteiger partial charge is 0.348 e. The topological polar surface area (TPSA) is 70.2 Å². The van der Waals surface area contributed by atoms with Gasteiger partial charge in [0.1, 0.15) is 5.82 Å². The van der Waals surface area contributed by atoms with Crippen molar-refractivity contribution in [3.8, 4) is 0 Å². The zero-order valence-electron chi connectivity index (χ0n) is 13.7. The van der Waals surface area contributed by atoms with Gasteiger partial charge >= 0.3 is 6.03 Å². The molecule has 0 aliphatic carbocycles. The number of hydrogen-bond acceptors (Lipinski definition) is 2. The fourth-order valence-corrected chi connectivity index (χ4v) is 2.26. The van der Waals surface area contributed by atoms with E-state index in [4.69, 9.17) is 11.6 Å². The third kappa shape index (κ3) is 6.43. The molecule has 0 bridgehead atoms. The normalized spacial score (nSPS) is 11.5. The lowest BCUT2D eigenvalue weighted by Gasteiger charge is -2.15. The molecule has 0 heterocycles. The molecule has 0 saturated carbocycles. The molecule has 3 N–H and O–H groups in total. The fraction of sp³-hybridized carbons (Fsp3) is 0.222. The molecule has 1 atom stereocenters. The number of nitrogens with one attached hydrogen (secondary N) is 3. The van der Waals surface area contributed by atoms with Crippen molar-refractivity contribution in [2.24, 2.45) is 0 Å². The SMILES string of the molecule is CC(NC(=O)CNC(=O)NCc1ccc(F)cc1)c1ccc(Cl)cc1. The highest BCUT2D eigenvalue weighted by Crippen LogP contribution is 2.15. The van der Waals surface area contributed by atoms with Crippen LogP contribution in [0.2, 0.25) is 5.02 Å². The Hall–Kier alpha value is -2.60. The minimum atomic E-state index is -0.473.